The summed E-state index contributed by atoms with van der Waals surface area (Å²) >= 11 is 0. The Morgan fingerprint density at radius 2 is 1.83 bits per heavy atom. The van der Waals surface area contributed by atoms with Gasteiger partial charge in [0.05, 0.1) is 32.3 Å². The molecule has 1 aliphatic carbocycles. The summed E-state index contributed by atoms with van der Waals surface area (Å²) in [4.78, 5) is 26.8. The van der Waals surface area contributed by atoms with Crippen LogP contribution >= 0.6 is 0 Å². The van der Waals surface area contributed by atoms with E-state index in [0.717, 1.165) is 17.0 Å². The zero-order valence-electron chi connectivity index (χ0n) is 21.2. The molecule has 0 fully saturated rings. The standard InChI is InChI=1S/C28H33NO6/c1-15(2)14-34-28(31)25-17(4)29-20-11-19(18-8-10-22(32-5)24(13-18)33-6)12-21(30)26(20)27(25)23-9-7-16(3)35-23/h7-10,13,15,19,27,29H,11-12,14H2,1-6H3/t19-,27-/m0/s1. The third kappa shape index (κ3) is 4.85. The number of aryl methyl sites for hydroxylation is 1. The number of ketones is 1. The molecular formula is C28H33NO6. The topological polar surface area (TPSA) is 87.0 Å². The van der Waals surface area contributed by atoms with Crippen molar-refractivity contribution in [3.63, 3.8) is 0 Å². The van der Waals surface area contributed by atoms with E-state index in [2.05, 4.69) is 5.32 Å². The first kappa shape index (κ1) is 24.6. The van der Waals surface area contributed by atoms with Crippen LogP contribution < -0.4 is 14.8 Å². The highest BCUT2D eigenvalue weighted by atomic mass is 16.5. The molecule has 0 saturated heterocycles. The molecule has 0 radical (unpaired) electrons. The van der Waals surface area contributed by atoms with Crippen LogP contribution in [0.4, 0.5) is 0 Å². The van der Waals surface area contributed by atoms with Gasteiger partial charge in [-0.15, -0.1) is 0 Å². The summed E-state index contributed by atoms with van der Waals surface area (Å²) in [6.45, 7) is 7.98. The fourth-order valence-electron chi connectivity index (χ4n) is 4.87. The van der Waals surface area contributed by atoms with E-state index in [9.17, 15) is 9.59 Å². The van der Waals surface area contributed by atoms with Crippen LogP contribution in [0, 0.1) is 12.8 Å². The fourth-order valence-corrected chi connectivity index (χ4v) is 4.87. The van der Waals surface area contributed by atoms with Crippen LogP contribution in [-0.4, -0.2) is 32.6 Å². The van der Waals surface area contributed by atoms with Gasteiger partial charge in [-0.3, -0.25) is 4.79 Å². The molecule has 35 heavy (non-hydrogen) atoms. The molecule has 2 aromatic rings. The predicted molar refractivity (Wildman–Crippen MR) is 131 cm³/mol. The van der Waals surface area contributed by atoms with Crippen molar-refractivity contribution in [3.05, 3.63) is 70.0 Å². The van der Waals surface area contributed by atoms with E-state index in [0.29, 0.717) is 53.6 Å². The van der Waals surface area contributed by atoms with Gasteiger partial charge in [-0.05, 0) is 61.9 Å². The highest BCUT2D eigenvalue weighted by Gasteiger charge is 2.43. The van der Waals surface area contributed by atoms with Crippen molar-refractivity contribution in [1.29, 1.82) is 0 Å². The third-order valence-electron chi connectivity index (χ3n) is 6.52. The Bertz CT molecular complexity index is 1200. The van der Waals surface area contributed by atoms with Crippen LogP contribution in [-0.2, 0) is 14.3 Å². The molecule has 2 heterocycles. The molecule has 4 rings (SSSR count). The number of nitrogens with one attached hydrogen (secondary N) is 1. The lowest BCUT2D eigenvalue weighted by atomic mass is 9.73. The Kier molecular flexibility index (Phi) is 7.05. The molecular weight excluding hydrogens is 446 g/mol. The van der Waals surface area contributed by atoms with Gasteiger partial charge >= 0.3 is 5.97 Å². The zero-order chi connectivity index (χ0) is 25.3. The first-order valence-electron chi connectivity index (χ1n) is 11.9. The van der Waals surface area contributed by atoms with E-state index < -0.39 is 11.9 Å². The van der Waals surface area contributed by atoms with Crippen molar-refractivity contribution in [3.8, 4) is 11.5 Å². The van der Waals surface area contributed by atoms with Crippen molar-refractivity contribution in [2.75, 3.05) is 20.8 Å². The van der Waals surface area contributed by atoms with Gasteiger partial charge in [-0.1, -0.05) is 19.9 Å². The van der Waals surface area contributed by atoms with Gasteiger partial charge in [0, 0.05) is 23.4 Å². The van der Waals surface area contributed by atoms with Gasteiger partial charge in [0.2, 0.25) is 0 Å². The van der Waals surface area contributed by atoms with Crippen LogP contribution in [0.3, 0.4) is 0 Å². The van der Waals surface area contributed by atoms with Crippen molar-refractivity contribution in [2.24, 2.45) is 5.92 Å². The number of allylic oxidation sites excluding steroid dienone is 3. The summed E-state index contributed by atoms with van der Waals surface area (Å²) < 4.78 is 22.4. The Balaban J connectivity index is 1.72. The largest absolute Gasteiger partial charge is 0.493 e. The molecule has 0 unspecified atom stereocenters. The molecule has 186 valence electrons. The number of ether oxygens (including phenoxy) is 3. The molecule has 1 N–H and O–H groups in total. The summed E-state index contributed by atoms with van der Waals surface area (Å²) in [6, 6.07) is 9.45. The van der Waals surface area contributed by atoms with Crippen molar-refractivity contribution >= 4 is 11.8 Å². The Morgan fingerprint density at radius 1 is 1.09 bits per heavy atom. The number of carbonyl (C=O) groups is 2. The average Bonchev–Trinajstić information content (AvgIpc) is 3.26. The quantitative estimate of drug-likeness (QED) is 0.549. The minimum Gasteiger partial charge on any atom is -0.493 e. The maximum absolute atomic E-state index is 13.7. The highest BCUT2D eigenvalue weighted by Crippen LogP contribution is 2.46. The molecule has 7 nitrogen and oxygen atoms in total. The lowest BCUT2D eigenvalue weighted by molar-refractivity contribution is -0.140. The smallest absolute Gasteiger partial charge is 0.336 e. The number of carbonyl (C=O) groups excluding carboxylic acids is 2. The van der Waals surface area contributed by atoms with E-state index in [1.54, 1.807) is 14.2 Å². The summed E-state index contributed by atoms with van der Waals surface area (Å²) in [5.74, 6) is 1.70. The van der Waals surface area contributed by atoms with Gasteiger partial charge in [0.15, 0.2) is 17.3 Å². The molecule has 1 aliphatic heterocycles. The molecule has 2 atom stereocenters. The van der Waals surface area contributed by atoms with E-state index in [-0.39, 0.29) is 17.6 Å². The Morgan fingerprint density at radius 3 is 2.46 bits per heavy atom. The highest BCUT2D eigenvalue weighted by molar-refractivity contribution is 6.04. The molecule has 0 saturated carbocycles. The van der Waals surface area contributed by atoms with E-state index in [1.165, 1.54) is 0 Å². The van der Waals surface area contributed by atoms with Crippen molar-refractivity contribution < 1.29 is 28.2 Å². The Labute approximate surface area is 206 Å². The summed E-state index contributed by atoms with van der Waals surface area (Å²) in [5.41, 5.74) is 3.50. The maximum atomic E-state index is 13.7. The first-order valence-corrected chi connectivity index (χ1v) is 11.9. The third-order valence-corrected chi connectivity index (χ3v) is 6.52. The molecule has 1 aromatic heterocycles. The lowest BCUT2D eigenvalue weighted by Crippen LogP contribution is -2.36. The van der Waals surface area contributed by atoms with E-state index in [1.807, 2.05) is 58.0 Å². The number of hydrogen-bond donors (Lipinski definition) is 1. The fraction of sp³-hybridized carbons (Fsp3) is 0.429. The normalized spacial score (nSPS) is 20.0. The lowest BCUT2D eigenvalue weighted by Gasteiger charge is -2.36. The summed E-state index contributed by atoms with van der Waals surface area (Å²) in [6.07, 6.45) is 0.942. The number of Topliss-reactive ketones (excluding diaryl/α,β-unsaturated/α-hetero) is 1. The number of hydrogen-bond acceptors (Lipinski definition) is 7. The molecule has 0 bridgehead atoms. The van der Waals surface area contributed by atoms with Crippen LogP contribution in [0.2, 0.25) is 0 Å². The summed E-state index contributed by atoms with van der Waals surface area (Å²) in [7, 11) is 3.20. The van der Waals surface area contributed by atoms with Crippen molar-refractivity contribution in [1.82, 2.24) is 5.32 Å². The number of methoxy groups -OCH3 is 2. The second-order valence-corrected chi connectivity index (χ2v) is 9.57. The molecule has 1 aromatic carbocycles. The number of benzene rings is 1. The summed E-state index contributed by atoms with van der Waals surface area (Å²) in [5, 5.41) is 3.36. The van der Waals surface area contributed by atoms with Crippen LogP contribution in [0.1, 0.15) is 62.5 Å². The monoisotopic (exact) mass is 479 g/mol. The molecule has 2 aliphatic rings. The van der Waals surface area contributed by atoms with Crippen LogP contribution in [0.15, 0.2) is 57.3 Å². The zero-order valence-corrected chi connectivity index (χ0v) is 21.2. The second kappa shape index (κ2) is 10.0. The SMILES string of the molecule is COc1ccc([C@@H]2CC(=O)C3=C(C2)NC(C)=C(C(=O)OCC(C)C)[C@@H]3c2ccc(C)o2)cc1OC. The maximum Gasteiger partial charge on any atom is 0.336 e. The minimum absolute atomic E-state index is 0.0146. The Hall–Kier alpha value is -3.48. The van der Waals surface area contributed by atoms with Crippen LogP contribution in [0.25, 0.3) is 0 Å². The minimum atomic E-state index is -0.599. The number of esters is 1. The number of dihydropyridines is 1. The van der Waals surface area contributed by atoms with Gasteiger partial charge < -0.3 is 23.9 Å². The van der Waals surface area contributed by atoms with Gasteiger partial charge in [0.1, 0.15) is 11.5 Å². The van der Waals surface area contributed by atoms with E-state index >= 15 is 0 Å². The number of furan rings is 1. The number of rotatable bonds is 7. The van der Waals surface area contributed by atoms with Gasteiger partial charge in [0.25, 0.3) is 0 Å². The van der Waals surface area contributed by atoms with E-state index in [4.69, 9.17) is 18.6 Å². The first-order chi connectivity index (χ1) is 16.7. The van der Waals surface area contributed by atoms with Gasteiger partial charge in [-0.2, -0.15) is 0 Å². The molecule has 0 spiro atoms. The molecule has 0 amide bonds. The second-order valence-electron chi connectivity index (χ2n) is 9.57. The van der Waals surface area contributed by atoms with Crippen LogP contribution in [0.5, 0.6) is 11.5 Å². The van der Waals surface area contributed by atoms with Gasteiger partial charge in [-0.25, -0.2) is 4.79 Å². The average molecular weight is 480 g/mol. The predicted octanol–water partition coefficient (Wildman–Crippen LogP) is 5.17. The van der Waals surface area contributed by atoms with Crippen molar-refractivity contribution in [2.45, 2.75) is 52.4 Å². The molecule has 7 heteroatoms.